The molecule has 0 aromatic carbocycles. The number of ether oxygens (including phenoxy) is 1. The molecule has 18 heavy (non-hydrogen) atoms. The van der Waals surface area contributed by atoms with Crippen LogP contribution < -0.4 is 5.73 Å². The van der Waals surface area contributed by atoms with Gasteiger partial charge in [-0.2, -0.15) is 0 Å². The van der Waals surface area contributed by atoms with Gasteiger partial charge in [0.05, 0.1) is 29.1 Å². The number of esters is 1. The maximum absolute atomic E-state index is 11.7. The molecule has 100 valence electrons. The van der Waals surface area contributed by atoms with Crippen LogP contribution in [0.3, 0.4) is 0 Å². The Hall–Kier alpha value is -1.23. The van der Waals surface area contributed by atoms with Crippen molar-refractivity contribution < 1.29 is 9.53 Å². The minimum absolute atomic E-state index is 0.343. The van der Waals surface area contributed by atoms with E-state index >= 15 is 0 Å². The van der Waals surface area contributed by atoms with Gasteiger partial charge in [0.15, 0.2) is 0 Å². The van der Waals surface area contributed by atoms with E-state index < -0.39 is 0 Å². The van der Waals surface area contributed by atoms with Crippen molar-refractivity contribution in [2.45, 2.75) is 32.2 Å². The van der Waals surface area contributed by atoms with E-state index in [1.165, 1.54) is 6.20 Å². The van der Waals surface area contributed by atoms with Crippen LogP contribution in [0.4, 0.5) is 5.69 Å². The van der Waals surface area contributed by atoms with Gasteiger partial charge < -0.3 is 10.5 Å². The topological polar surface area (TPSA) is 65.2 Å². The number of hydrogen-bond acceptors (Lipinski definition) is 5. The summed E-state index contributed by atoms with van der Waals surface area (Å²) in [6.45, 7) is 6.46. The summed E-state index contributed by atoms with van der Waals surface area (Å²) in [5, 5.41) is 0.813. The van der Waals surface area contributed by atoms with E-state index in [0.29, 0.717) is 23.8 Å². The van der Waals surface area contributed by atoms with E-state index in [-0.39, 0.29) is 5.97 Å². The Morgan fingerprint density at radius 2 is 2.28 bits per heavy atom. The molecule has 0 saturated heterocycles. The minimum Gasteiger partial charge on any atom is -0.462 e. The van der Waals surface area contributed by atoms with Gasteiger partial charge in [-0.25, -0.2) is 9.78 Å². The van der Waals surface area contributed by atoms with Crippen LogP contribution in [0.15, 0.2) is 17.3 Å². The molecule has 0 spiro atoms. The Morgan fingerprint density at radius 3 is 2.89 bits per heavy atom. The molecule has 1 aromatic heterocycles. The van der Waals surface area contributed by atoms with E-state index in [4.69, 9.17) is 10.5 Å². The summed E-state index contributed by atoms with van der Waals surface area (Å²) in [5.74, 6) is 1.22. The molecule has 5 heteroatoms. The Kier molecular flexibility index (Phi) is 5.98. The van der Waals surface area contributed by atoms with Crippen molar-refractivity contribution in [2.24, 2.45) is 5.92 Å². The van der Waals surface area contributed by atoms with Crippen LogP contribution in [0.2, 0.25) is 0 Å². The SMILES string of the molecule is CCOC(=O)c1cc(SCC(C)CC)ncc1N. The van der Waals surface area contributed by atoms with Gasteiger partial charge in [-0.1, -0.05) is 20.3 Å². The number of pyridine rings is 1. The van der Waals surface area contributed by atoms with Crippen molar-refractivity contribution in [1.82, 2.24) is 4.98 Å². The summed E-state index contributed by atoms with van der Waals surface area (Å²) in [5.41, 5.74) is 6.49. The van der Waals surface area contributed by atoms with Crippen LogP contribution in [0.25, 0.3) is 0 Å². The molecule has 4 nitrogen and oxygen atoms in total. The summed E-state index contributed by atoms with van der Waals surface area (Å²) in [6, 6.07) is 1.71. The second-order valence-electron chi connectivity index (χ2n) is 4.15. The maximum Gasteiger partial charge on any atom is 0.340 e. The van der Waals surface area contributed by atoms with E-state index in [2.05, 4.69) is 18.8 Å². The number of thioether (sulfide) groups is 1. The largest absolute Gasteiger partial charge is 0.462 e. The predicted molar refractivity (Wildman–Crippen MR) is 74.8 cm³/mol. The zero-order valence-electron chi connectivity index (χ0n) is 11.1. The summed E-state index contributed by atoms with van der Waals surface area (Å²) in [6.07, 6.45) is 2.65. The molecule has 1 unspecified atom stereocenters. The third-order valence-electron chi connectivity index (χ3n) is 2.62. The third kappa shape index (κ3) is 4.22. The Balaban J connectivity index is 2.77. The molecule has 0 bridgehead atoms. The van der Waals surface area contributed by atoms with E-state index in [0.717, 1.165) is 17.2 Å². The lowest BCUT2D eigenvalue weighted by Gasteiger charge is -2.09. The van der Waals surface area contributed by atoms with Crippen molar-refractivity contribution in [2.75, 3.05) is 18.1 Å². The lowest BCUT2D eigenvalue weighted by Crippen LogP contribution is -2.09. The highest BCUT2D eigenvalue weighted by Crippen LogP contribution is 2.23. The fraction of sp³-hybridized carbons (Fsp3) is 0.538. The van der Waals surface area contributed by atoms with Crippen molar-refractivity contribution in [3.8, 4) is 0 Å². The second-order valence-corrected chi connectivity index (χ2v) is 5.19. The van der Waals surface area contributed by atoms with E-state index in [9.17, 15) is 4.79 Å². The maximum atomic E-state index is 11.7. The average Bonchev–Trinajstić information content (AvgIpc) is 2.37. The van der Waals surface area contributed by atoms with Crippen LogP contribution in [0.5, 0.6) is 0 Å². The molecule has 0 fully saturated rings. The number of carbonyl (C=O) groups is 1. The van der Waals surface area contributed by atoms with E-state index in [1.54, 1.807) is 24.8 Å². The normalized spacial score (nSPS) is 12.2. The van der Waals surface area contributed by atoms with Gasteiger partial charge in [-0.3, -0.25) is 0 Å². The average molecular weight is 268 g/mol. The number of nitrogens with two attached hydrogens (primary N) is 1. The smallest absolute Gasteiger partial charge is 0.340 e. The van der Waals surface area contributed by atoms with Gasteiger partial charge in [-0.05, 0) is 18.9 Å². The van der Waals surface area contributed by atoms with Gasteiger partial charge in [0.25, 0.3) is 0 Å². The Labute approximate surface area is 112 Å². The number of anilines is 1. The summed E-state index contributed by atoms with van der Waals surface area (Å²) in [4.78, 5) is 15.9. The molecular weight excluding hydrogens is 248 g/mol. The molecule has 1 aromatic rings. The Bertz CT molecular complexity index is 410. The second kappa shape index (κ2) is 7.26. The fourth-order valence-corrected chi connectivity index (χ4v) is 2.28. The lowest BCUT2D eigenvalue weighted by molar-refractivity contribution is 0.0527. The number of rotatable bonds is 6. The first-order chi connectivity index (χ1) is 8.58. The fourth-order valence-electron chi connectivity index (χ4n) is 1.26. The summed E-state index contributed by atoms with van der Waals surface area (Å²) < 4.78 is 4.95. The minimum atomic E-state index is -0.386. The van der Waals surface area contributed by atoms with Crippen molar-refractivity contribution in [1.29, 1.82) is 0 Å². The van der Waals surface area contributed by atoms with Gasteiger partial charge in [0, 0.05) is 5.75 Å². The highest BCUT2D eigenvalue weighted by molar-refractivity contribution is 7.99. The van der Waals surface area contributed by atoms with Crippen molar-refractivity contribution >= 4 is 23.4 Å². The zero-order valence-corrected chi connectivity index (χ0v) is 11.9. The van der Waals surface area contributed by atoms with Crippen LogP contribution in [-0.4, -0.2) is 23.3 Å². The quantitative estimate of drug-likeness (QED) is 0.634. The van der Waals surface area contributed by atoms with Crippen molar-refractivity contribution in [3.05, 3.63) is 17.8 Å². The number of hydrogen-bond donors (Lipinski definition) is 1. The lowest BCUT2D eigenvalue weighted by atomic mass is 10.2. The molecule has 1 atom stereocenters. The molecule has 0 aliphatic rings. The third-order valence-corrected chi connectivity index (χ3v) is 3.87. The van der Waals surface area contributed by atoms with Crippen LogP contribution in [0.1, 0.15) is 37.6 Å². The molecule has 2 N–H and O–H groups in total. The summed E-state index contributed by atoms with van der Waals surface area (Å²) >= 11 is 1.64. The first-order valence-corrected chi connectivity index (χ1v) is 7.12. The molecular formula is C13H20N2O2S. The van der Waals surface area contributed by atoms with Crippen LogP contribution >= 0.6 is 11.8 Å². The Morgan fingerprint density at radius 1 is 1.56 bits per heavy atom. The van der Waals surface area contributed by atoms with E-state index in [1.807, 2.05) is 0 Å². The number of carbonyl (C=O) groups excluding carboxylic acids is 1. The van der Waals surface area contributed by atoms with Crippen molar-refractivity contribution in [3.63, 3.8) is 0 Å². The highest BCUT2D eigenvalue weighted by atomic mass is 32.2. The first-order valence-electron chi connectivity index (χ1n) is 6.13. The molecule has 0 aliphatic heterocycles. The number of aromatic nitrogens is 1. The monoisotopic (exact) mass is 268 g/mol. The molecule has 0 saturated carbocycles. The molecule has 1 heterocycles. The van der Waals surface area contributed by atoms with Crippen LogP contribution in [-0.2, 0) is 4.74 Å². The van der Waals surface area contributed by atoms with Gasteiger partial charge >= 0.3 is 5.97 Å². The summed E-state index contributed by atoms with van der Waals surface area (Å²) in [7, 11) is 0. The predicted octanol–water partition coefficient (Wildman–Crippen LogP) is 2.98. The number of nitrogens with zero attached hydrogens (tertiary/aromatic N) is 1. The van der Waals surface area contributed by atoms with Gasteiger partial charge in [0.1, 0.15) is 0 Å². The molecule has 1 rings (SSSR count). The highest BCUT2D eigenvalue weighted by Gasteiger charge is 2.13. The zero-order chi connectivity index (χ0) is 13.5. The standard InChI is InChI=1S/C13H20N2O2S/c1-4-9(3)8-18-12-6-10(11(14)7-15-12)13(16)17-5-2/h6-7,9H,4-5,8,14H2,1-3H3. The molecule has 0 radical (unpaired) electrons. The number of nitrogen functional groups attached to an aromatic ring is 1. The van der Waals surface area contributed by atoms with Gasteiger partial charge in [-0.15, -0.1) is 11.8 Å². The molecule has 0 aliphatic carbocycles. The van der Waals surface area contributed by atoms with Crippen LogP contribution in [0, 0.1) is 5.92 Å². The first kappa shape index (κ1) is 14.8. The molecule has 0 amide bonds. The van der Waals surface area contributed by atoms with Gasteiger partial charge in [0.2, 0.25) is 0 Å².